The van der Waals surface area contributed by atoms with Gasteiger partial charge in [0.05, 0.1) is 16.1 Å². The van der Waals surface area contributed by atoms with Gasteiger partial charge in [0.1, 0.15) is 18.4 Å². The lowest BCUT2D eigenvalue weighted by Gasteiger charge is -2.34. The molecule has 0 saturated heterocycles. The average molecular weight is 682 g/mol. The first-order chi connectivity index (χ1) is 22.9. The normalized spacial score (nSPS) is 14.3. The molecule has 0 aromatic heterocycles. The molecular formula is C36H35F4N3O4S. The van der Waals surface area contributed by atoms with Gasteiger partial charge in [0.2, 0.25) is 11.8 Å². The van der Waals surface area contributed by atoms with Crippen LogP contribution < -0.4 is 9.62 Å². The predicted molar refractivity (Wildman–Crippen MR) is 174 cm³/mol. The van der Waals surface area contributed by atoms with Gasteiger partial charge in [-0.3, -0.25) is 13.9 Å². The van der Waals surface area contributed by atoms with Crippen molar-refractivity contribution in [1.29, 1.82) is 0 Å². The quantitative estimate of drug-likeness (QED) is 0.168. The second kappa shape index (κ2) is 15.0. The number of carbonyl (C=O) groups excluding carboxylic acids is 2. The molecule has 0 radical (unpaired) electrons. The van der Waals surface area contributed by atoms with Gasteiger partial charge < -0.3 is 10.2 Å². The molecule has 0 heterocycles. The third kappa shape index (κ3) is 8.60. The molecule has 252 valence electrons. The molecule has 1 N–H and O–H groups in total. The molecule has 4 aromatic rings. The lowest BCUT2D eigenvalue weighted by Crippen LogP contribution is -2.54. The lowest BCUT2D eigenvalue weighted by molar-refractivity contribution is -0.140. The zero-order chi connectivity index (χ0) is 34.3. The Balaban J connectivity index is 1.59. The van der Waals surface area contributed by atoms with E-state index in [1.165, 1.54) is 59.5 Å². The summed E-state index contributed by atoms with van der Waals surface area (Å²) < 4.78 is 83.8. The minimum atomic E-state index is -4.78. The third-order valence-electron chi connectivity index (χ3n) is 8.31. The lowest BCUT2D eigenvalue weighted by atomic mass is 10.0. The van der Waals surface area contributed by atoms with Crippen LogP contribution in [0.3, 0.4) is 0 Å². The van der Waals surface area contributed by atoms with Crippen LogP contribution in [0, 0.1) is 5.82 Å². The molecule has 0 spiro atoms. The summed E-state index contributed by atoms with van der Waals surface area (Å²) >= 11 is 0. The van der Waals surface area contributed by atoms with E-state index in [0.29, 0.717) is 15.9 Å². The van der Waals surface area contributed by atoms with Crippen LogP contribution in [0.15, 0.2) is 114 Å². The molecule has 12 heteroatoms. The van der Waals surface area contributed by atoms with Crippen molar-refractivity contribution >= 4 is 27.5 Å². The molecule has 1 unspecified atom stereocenters. The summed E-state index contributed by atoms with van der Waals surface area (Å²) in [4.78, 5) is 29.5. The predicted octanol–water partition coefficient (Wildman–Crippen LogP) is 6.74. The highest BCUT2D eigenvalue weighted by molar-refractivity contribution is 7.92. The number of rotatable bonds is 12. The number of benzene rings is 4. The van der Waals surface area contributed by atoms with Crippen molar-refractivity contribution in [3.05, 3.63) is 132 Å². The summed E-state index contributed by atoms with van der Waals surface area (Å²) in [7, 11) is -4.58. The summed E-state index contributed by atoms with van der Waals surface area (Å²) in [5, 5.41) is 3.04. The SMILES string of the molecule is O=C(NC1CCCC1)C(Cc1ccccc1)N(Cc1ccc(F)cc1)C(=O)CN(c1cccc(C(F)(F)F)c1)S(=O)(=O)c1ccccc1. The standard InChI is InChI=1S/C36H35F4N3O4S/c37-29-20-18-27(19-21-29)24-42(33(22-26-10-3-1-4-11-26)35(45)41-30-13-7-8-14-30)34(44)25-43(48(46,47)32-16-5-2-6-17-32)31-15-9-12-28(23-31)36(38,39)40/h1-6,9-12,15-21,23,30,33H,7-8,13-14,22,24-25H2,(H,41,45). The Kier molecular flexibility index (Phi) is 10.8. The van der Waals surface area contributed by atoms with Gasteiger partial charge in [-0.05, 0) is 66.4 Å². The number of halogens is 4. The Morgan fingerprint density at radius 1 is 0.812 bits per heavy atom. The van der Waals surface area contributed by atoms with Gasteiger partial charge in [0.15, 0.2) is 0 Å². The van der Waals surface area contributed by atoms with Gasteiger partial charge in [0.25, 0.3) is 10.0 Å². The Bertz CT molecular complexity index is 1800. The number of anilines is 1. The maximum atomic E-state index is 14.5. The zero-order valence-corrected chi connectivity index (χ0v) is 26.8. The van der Waals surface area contributed by atoms with E-state index < -0.39 is 52.0 Å². The molecule has 48 heavy (non-hydrogen) atoms. The first kappa shape index (κ1) is 34.6. The molecular weight excluding hydrogens is 646 g/mol. The highest BCUT2D eigenvalue weighted by atomic mass is 32.2. The van der Waals surface area contributed by atoms with E-state index in [0.717, 1.165) is 43.4 Å². The topological polar surface area (TPSA) is 86.8 Å². The van der Waals surface area contributed by atoms with Crippen molar-refractivity contribution in [1.82, 2.24) is 10.2 Å². The van der Waals surface area contributed by atoms with Crippen LogP contribution in [0.2, 0.25) is 0 Å². The number of hydrogen-bond donors (Lipinski definition) is 1. The minimum Gasteiger partial charge on any atom is -0.352 e. The van der Waals surface area contributed by atoms with Crippen LogP contribution in [0.1, 0.15) is 42.4 Å². The Morgan fingerprint density at radius 2 is 1.44 bits per heavy atom. The van der Waals surface area contributed by atoms with Crippen molar-refractivity contribution in [2.75, 3.05) is 10.8 Å². The maximum Gasteiger partial charge on any atom is 0.416 e. The first-order valence-electron chi connectivity index (χ1n) is 15.5. The average Bonchev–Trinajstić information content (AvgIpc) is 3.59. The molecule has 1 fully saturated rings. The Labute approximate surface area is 277 Å². The van der Waals surface area contributed by atoms with Crippen molar-refractivity contribution in [2.24, 2.45) is 0 Å². The highest BCUT2D eigenvalue weighted by Crippen LogP contribution is 2.33. The molecule has 1 aliphatic rings. The van der Waals surface area contributed by atoms with E-state index in [9.17, 15) is 35.6 Å². The fourth-order valence-electron chi connectivity index (χ4n) is 5.79. The zero-order valence-electron chi connectivity index (χ0n) is 25.9. The largest absolute Gasteiger partial charge is 0.416 e. The summed E-state index contributed by atoms with van der Waals surface area (Å²) in [6.45, 7) is -1.11. The Hall–Kier alpha value is -4.71. The van der Waals surface area contributed by atoms with E-state index >= 15 is 0 Å². The second-order valence-electron chi connectivity index (χ2n) is 11.7. The van der Waals surface area contributed by atoms with E-state index in [1.807, 2.05) is 0 Å². The molecule has 0 aliphatic heterocycles. The van der Waals surface area contributed by atoms with E-state index in [4.69, 9.17) is 0 Å². The monoisotopic (exact) mass is 681 g/mol. The minimum absolute atomic E-state index is 0.0708. The number of amides is 2. The smallest absolute Gasteiger partial charge is 0.352 e. The molecule has 1 saturated carbocycles. The third-order valence-corrected chi connectivity index (χ3v) is 10.1. The molecule has 2 amide bonds. The van der Waals surface area contributed by atoms with Gasteiger partial charge in [-0.15, -0.1) is 0 Å². The van der Waals surface area contributed by atoms with Gasteiger partial charge in [0, 0.05) is 19.0 Å². The van der Waals surface area contributed by atoms with Crippen LogP contribution >= 0.6 is 0 Å². The number of sulfonamides is 1. The molecule has 4 aromatic carbocycles. The number of alkyl halides is 3. The van der Waals surface area contributed by atoms with Crippen molar-refractivity contribution in [3.63, 3.8) is 0 Å². The molecule has 1 aliphatic carbocycles. The fraction of sp³-hybridized carbons (Fsp3) is 0.278. The van der Waals surface area contributed by atoms with E-state index in [2.05, 4.69) is 5.32 Å². The maximum absolute atomic E-state index is 14.5. The van der Waals surface area contributed by atoms with Crippen molar-refractivity contribution in [2.45, 2.75) is 61.8 Å². The number of carbonyl (C=O) groups is 2. The molecule has 5 rings (SSSR count). The van der Waals surface area contributed by atoms with Gasteiger partial charge in [-0.25, -0.2) is 12.8 Å². The number of nitrogens with one attached hydrogen (secondary N) is 1. The van der Waals surface area contributed by atoms with Crippen molar-refractivity contribution < 1.29 is 35.6 Å². The molecule has 7 nitrogen and oxygen atoms in total. The first-order valence-corrected chi connectivity index (χ1v) is 17.0. The number of nitrogens with zero attached hydrogens (tertiary/aromatic N) is 2. The van der Waals surface area contributed by atoms with Crippen LogP contribution in [-0.4, -0.2) is 43.8 Å². The van der Waals surface area contributed by atoms with Gasteiger partial charge in [-0.1, -0.05) is 79.6 Å². The highest BCUT2D eigenvalue weighted by Gasteiger charge is 2.37. The summed E-state index contributed by atoms with van der Waals surface area (Å²) in [6, 6.07) is 23.9. The molecule has 0 bridgehead atoms. The van der Waals surface area contributed by atoms with E-state index in [-0.39, 0.29) is 29.6 Å². The van der Waals surface area contributed by atoms with Crippen LogP contribution in [-0.2, 0) is 38.8 Å². The van der Waals surface area contributed by atoms with Crippen LogP contribution in [0.25, 0.3) is 0 Å². The summed E-state index contributed by atoms with van der Waals surface area (Å²) in [5.41, 5.74) is -0.277. The van der Waals surface area contributed by atoms with Gasteiger partial charge in [-0.2, -0.15) is 13.2 Å². The van der Waals surface area contributed by atoms with Crippen LogP contribution in [0.5, 0.6) is 0 Å². The number of hydrogen-bond acceptors (Lipinski definition) is 4. The van der Waals surface area contributed by atoms with Crippen molar-refractivity contribution in [3.8, 4) is 0 Å². The van der Waals surface area contributed by atoms with Crippen LogP contribution in [0.4, 0.5) is 23.2 Å². The Morgan fingerprint density at radius 3 is 2.06 bits per heavy atom. The second-order valence-corrected chi connectivity index (χ2v) is 13.6. The fourth-order valence-corrected chi connectivity index (χ4v) is 7.22. The van der Waals surface area contributed by atoms with Gasteiger partial charge >= 0.3 is 6.18 Å². The van der Waals surface area contributed by atoms with E-state index in [1.54, 1.807) is 36.4 Å². The summed E-state index contributed by atoms with van der Waals surface area (Å²) in [5.74, 6) is -1.79. The molecule has 1 atom stereocenters. The summed E-state index contributed by atoms with van der Waals surface area (Å²) in [6.07, 6.45) is -1.29.